The van der Waals surface area contributed by atoms with Crippen molar-refractivity contribution in [3.05, 3.63) is 48.4 Å². The molecule has 0 unspecified atom stereocenters. The van der Waals surface area contributed by atoms with Gasteiger partial charge in [0, 0.05) is 41.1 Å². The Morgan fingerprint density at radius 1 is 1.28 bits per heavy atom. The zero-order valence-electron chi connectivity index (χ0n) is 10.4. The molecule has 2 heterocycles. The van der Waals surface area contributed by atoms with Gasteiger partial charge in [-0.15, -0.1) is 0 Å². The number of hydrogen-bond donors (Lipinski definition) is 1. The van der Waals surface area contributed by atoms with Crippen LogP contribution in [0.15, 0.2) is 42.9 Å². The highest BCUT2D eigenvalue weighted by atomic mass is 15.3. The Hall–Kier alpha value is -2.23. The van der Waals surface area contributed by atoms with E-state index in [9.17, 15) is 0 Å². The smallest absolute Gasteiger partial charge is 0.0539 e. The number of aromatic nitrogens is 3. The third-order valence-electron chi connectivity index (χ3n) is 3.16. The van der Waals surface area contributed by atoms with Gasteiger partial charge in [-0.2, -0.15) is 5.10 Å². The highest BCUT2D eigenvalue weighted by Gasteiger charge is 2.03. The van der Waals surface area contributed by atoms with E-state index in [0.29, 0.717) is 0 Å². The summed E-state index contributed by atoms with van der Waals surface area (Å²) in [6, 6.07) is 8.10. The summed E-state index contributed by atoms with van der Waals surface area (Å²) in [6.45, 7) is 3.83. The van der Waals surface area contributed by atoms with Gasteiger partial charge >= 0.3 is 0 Å². The first kappa shape index (κ1) is 10.9. The molecular weight excluding hydrogens is 224 g/mol. The molecule has 0 saturated carbocycles. The molecule has 0 bridgehead atoms. The summed E-state index contributed by atoms with van der Waals surface area (Å²) in [4.78, 5) is 0. The number of nitrogens with zero attached hydrogens (tertiary/aromatic N) is 3. The largest absolute Gasteiger partial charge is 0.399 e. The minimum absolute atomic E-state index is 0.805. The van der Waals surface area contributed by atoms with Crippen molar-refractivity contribution in [3.63, 3.8) is 0 Å². The minimum atomic E-state index is 0.805. The van der Waals surface area contributed by atoms with E-state index in [1.807, 2.05) is 23.0 Å². The van der Waals surface area contributed by atoms with Crippen LogP contribution in [-0.4, -0.2) is 14.3 Å². The lowest BCUT2D eigenvalue weighted by atomic mass is 10.2. The van der Waals surface area contributed by atoms with Crippen LogP contribution in [0.4, 0.5) is 5.69 Å². The molecule has 92 valence electrons. The van der Waals surface area contributed by atoms with Gasteiger partial charge in [0.05, 0.1) is 12.7 Å². The maximum atomic E-state index is 5.78. The summed E-state index contributed by atoms with van der Waals surface area (Å²) < 4.78 is 4.16. The Morgan fingerprint density at radius 2 is 2.17 bits per heavy atom. The molecule has 3 aromatic rings. The first-order valence-corrected chi connectivity index (χ1v) is 6.12. The van der Waals surface area contributed by atoms with Crippen LogP contribution in [0.25, 0.3) is 10.9 Å². The first-order chi connectivity index (χ1) is 8.76. The fraction of sp³-hybridized carbons (Fsp3) is 0.214. The molecule has 0 aliphatic rings. The lowest BCUT2D eigenvalue weighted by Gasteiger charge is -2.03. The molecule has 2 aromatic heterocycles. The number of anilines is 1. The zero-order chi connectivity index (χ0) is 12.5. The van der Waals surface area contributed by atoms with E-state index in [1.165, 1.54) is 16.5 Å². The second-order valence-electron chi connectivity index (χ2n) is 4.47. The average Bonchev–Trinajstić information content (AvgIpc) is 2.97. The van der Waals surface area contributed by atoms with Crippen LogP contribution in [0.5, 0.6) is 0 Å². The molecule has 0 atom stereocenters. The molecule has 0 aliphatic heterocycles. The van der Waals surface area contributed by atoms with Gasteiger partial charge in [0.2, 0.25) is 0 Å². The van der Waals surface area contributed by atoms with Gasteiger partial charge in [0.15, 0.2) is 0 Å². The van der Waals surface area contributed by atoms with Crippen LogP contribution in [0.3, 0.4) is 0 Å². The van der Waals surface area contributed by atoms with Crippen molar-refractivity contribution in [2.45, 2.75) is 20.0 Å². The normalized spacial score (nSPS) is 11.2. The van der Waals surface area contributed by atoms with Gasteiger partial charge in [-0.25, -0.2) is 0 Å². The topological polar surface area (TPSA) is 48.8 Å². The molecule has 3 rings (SSSR count). The maximum absolute atomic E-state index is 5.78. The predicted molar refractivity (Wildman–Crippen MR) is 73.4 cm³/mol. The molecule has 2 N–H and O–H groups in total. The van der Waals surface area contributed by atoms with Crippen LogP contribution in [0, 0.1) is 0 Å². The number of aryl methyl sites for hydroxylation is 1. The van der Waals surface area contributed by atoms with E-state index in [4.69, 9.17) is 5.73 Å². The summed E-state index contributed by atoms with van der Waals surface area (Å²) in [5, 5.41) is 5.47. The van der Waals surface area contributed by atoms with Crippen molar-refractivity contribution in [2.75, 3.05) is 5.73 Å². The van der Waals surface area contributed by atoms with Gasteiger partial charge in [-0.1, -0.05) is 0 Å². The van der Waals surface area contributed by atoms with Crippen LogP contribution in [-0.2, 0) is 13.1 Å². The summed E-state index contributed by atoms with van der Waals surface area (Å²) in [6.07, 6.45) is 6.10. The van der Waals surface area contributed by atoms with E-state index < -0.39 is 0 Å². The maximum Gasteiger partial charge on any atom is 0.0539 e. The Balaban J connectivity index is 1.95. The molecule has 0 spiro atoms. The quantitative estimate of drug-likeness (QED) is 0.715. The fourth-order valence-electron chi connectivity index (χ4n) is 2.21. The standard InChI is InChI=1S/C14H16N4/c1-2-18-10-11(8-16-18)9-17-6-5-12-7-13(15)3-4-14(12)17/h3-8,10H,2,9,15H2,1H3. The average molecular weight is 240 g/mol. The molecule has 18 heavy (non-hydrogen) atoms. The lowest BCUT2D eigenvalue weighted by Crippen LogP contribution is -1.97. The highest BCUT2D eigenvalue weighted by Crippen LogP contribution is 2.19. The summed E-state index contributed by atoms with van der Waals surface area (Å²) in [7, 11) is 0. The number of benzene rings is 1. The molecule has 4 nitrogen and oxygen atoms in total. The first-order valence-electron chi connectivity index (χ1n) is 6.12. The number of fused-ring (bicyclic) bond motifs is 1. The fourth-order valence-corrected chi connectivity index (χ4v) is 2.21. The van der Waals surface area contributed by atoms with E-state index >= 15 is 0 Å². The third-order valence-corrected chi connectivity index (χ3v) is 3.16. The van der Waals surface area contributed by atoms with Crippen molar-refractivity contribution in [1.82, 2.24) is 14.3 Å². The Labute approximate surface area is 106 Å². The molecule has 0 aliphatic carbocycles. The van der Waals surface area contributed by atoms with Gasteiger partial charge < -0.3 is 10.3 Å². The summed E-state index contributed by atoms with van der Waals surface area (Å²) in [5.74, 6) is 0. The number of rotatable bonds is 3. The van der Waals surface area contributed by atoms with Crippen LogP contribution in [0.1, 0.15) is 12.5 Å². The molecule has 0 radical (unpaired) electrons. The van der Waals surface area contributed by atoms with Gasteiger partial charge in [0.25, 0.3) is 0 Å². The lowest BCUT2D eigenvalue weighted by molar-refractivity contribution is 0.658. The molecule has 0 fully saturated rings. The van der Waals surface area contributed by atoms with Crippen molar-refractivity contribution >= 4 is 16.6 Å². The van der Waals surface area contributed by atoms with E-state index in [-0.39, 0.29) is 0 Å². The van der Waals surface area contributed by atoms with Crippen molar-refractivity contribution < 1.29 is 0 Å². The minimum Gasteiger partial charge on any atom is -0.399 e. The van der Waals surface area contributed by atoms with Crippen molar-refractivity contribution in [3.8, 4) is 0 Å². The van der Waals surface area contributed by atoms with Crippen molar-refractivity contribution in [2.24, 2.45) is 0 Å². The van der Waals surface area contributed by atoms with E-state index in [2.05, 4.69) is 41.1 Å². The second kappa shape index (κ2) is 4.22. The predicted octanol–water partition coefficient (Wildman–Crippen LogP) is 2.49. The number of nitrogen functional groups attached to an aromatic ring is 1. The van der Waals surface area contributed by atoms with Gasteiger partial charge in [-0.05, 0) is 31.2 Å². The number of hydrogen-bond acceptors (Lipinski definition) is 2. The van der Waals surface area contributed by atoms with E-state index in [1.54, 1.807) is 0 Å². The molecule has 1 aromatic carbocycles. The Morgan fingerprint density at radius 3 is 2.94 bits per heavy atom. The second-order valence-corrected chi connectivity index (χ2v) is 4.47. The van der Waals surface area contributed by atoms with Crippen LogP contribution < -0.4 is 5.73 Å². The SMILES string of the molecule is CCn1cc(Cn2ccc3cc(N)ccc32)cn1. The Kier molecular flexibility index (Phi) is 2.55. The third kappa shape index (κ3) is 1.86. The van der Waals surface area contributed by atoms with Gasteiger partial charge in [0.1, 0.15) is 0 Å². The van der Waals surface area contributed by atoms with Gasteiger partial charge in [-0.3, -0.25) is 4.68 Å². The zero-order valence-corrected chi connectivity index (χ0v) is 10.4. The summed E-state index contributed by atoms with van der Waals surface area (Å²) >= 11 is 0. The molecule has 0 amide bonds. The molecule has 4 heteroatoms. The van der Waals surface area contributed by atoms with Crippen molar-refractivity contribution in [1.29, 1.82) is 0 Å². The monoisotopic (exact) mass is 240 g/mol. The van der Waals surface area contributed by atoms with Crippen LogP contribution >= 0.6 is 0 Å². The molecule has 0 saturated heterocycles. The van der Waals surface area contributed by atoms with E-state index in [0.717, 1.165) is 18.8 Å². The highest BCUT2D eigenvalue weighted by molar-refractivity contribution is 5.83. The summed E-state index contributed by atoms with van der Waals surface area (Å²) in [5.41, 5.74) is 9.01. The Bertz CT molecular complexity index is 678. The van der Waals surface area contributed by atoms with Crippen LogP contribution in [0.2, 0.25) is 0 Å². The molecular formula is C14H16N4. The number of nitrogens with two attached hydrogens (primary N) is 1.